The highest BCUT2D eigenvalue weighted by Crippen LogP contribution is 2.20. The van der Waals surface area contributed by atoms with Crippen LogP contribution >= 0.6 is 0 Å². The average molecular weight is 244 g/mol. The van der Waals surface area contributed by atoms with E-state index in [1.807, 2.05) is 0 Å². The molecule has 3 atom stereocenters. The molecule has 0 radical (unpaired) electrons. The second-order valence-electron chi connectivity index (χ2n) is 5.10. The summed E-state index contributed by atoms with van der Waals surface area (Å²) in [5, 5.41) is 0. The van der Waals surface area contributed by atoms with E-state index in [0.29, 0.717) is 18.1 Å². The van der Waals surface area contributed by atoms with Crippen molar-refractivity contribution >= 4 is 0 Å². The third-order valence-corrected chi connectivity index (χ3v) is 3.75. The zero-order chi connectivity index (χ0) is 12.5. The Bertz CT molecular complexity index is 184. The van der Waals surface area contributed by atoms with Gasteiger partial charge in [0.05, 0.1) is 6.10 Å². The van der Waals surface area contributed by atoms with E-state index in [1.165, 1.54) is 19.3 Å². The lowest BCUT2D eigenvalue weighted by Crippen LogP contribution is -2.41. The van der Waals surface area contributed by atoms with E-state index in [0.717, 1.165) is 32.5 Å². The van der Waals surface area contributed by atoms with Crippen LogP contribution in [0.15, 0.2) is 0 Å². The van der Waals surface area contributed by atoms with Gasteiger partial charge in [0, 0.05) is 26.4 Å². The molecule has 1 aliphatic rings. The summed E-state index contributed by atoms with van der Waals surface area (Å²) in [6.07, 6.45) is 7.46. The Morgan fingerprint density at radius 1 is 1.41 bits per heavy atom. The van der Waals surface area contributed by atoms with Gasteiger partial charge in [-0.25, -0.2) is 0 Å². The van der Waals surface area contributed by atoms with Crippen LogP contribution in [0.1, 0.15) is 45.4 Å². The molecule has 4 heteroatoms. The first kappa shape index (κ1) is 14.9. The van der Waals surface area contributed by atoms with Gasteiger partial charge in [0.2, 0.25) is 0 Å². The van der Waals surface area contributed by atoms with Crippen LogP contribution in [0.3, 0.4) is 0 Å². The lowest BCUT2D eigenvalue weighted by atomic mass is 9.92. The van der Waals surface area contributed by atoms with Crippen LogP contribution in [0.5, 0.6) is 0 Å². The van der Waals surface area contributed by atoms with Gasteiger partial charge in [0.15, 0.2) is 0 Å². The first-order chi connectivity index (χ1) is 8.27. The standard InChI is InChI=1S/C13H28N2O2/c1-11(8-10-16-2)13(15-14)7-6-12-5-3-4-9-17-12/h11-13,15H,3-10,14H2,1-2H3. The normalized spacial score (nSPS) is 24.5. The van der Waals surface area contributed by atoms with Gasteiger partial charge in [-0.15, -0.1) is 0 Å². The van der Waals surface area contributed by atoms with Crippen molar-refractivity contribution in [1.29, 1.82) is 0 Å². The minimum atomic E-state index is 0.371. The molecule has 0 aliphatic carbocycles. The number of hydrogen-bond acceptors (Lipinski definition) is 4. The van der Waals surface area contributed by atoms with Crippen molar-refractivity contribution in [3.8, 4) is 0 Å². The van der Waals surface area contributed by atoms with Crippen molar-refractivity contribution in [3.05, 3.63) is 0 Å². The first-order valence-corrected chi connectivity index (χ1v) is 6.84. The smallest absolute Gasteiger partial charge is 0.0575 e. The summed E-state index contributed by atoms with van der Waals surface area (Å²) in [6.45, 7) is 3.97. The Kier molecular flexibility index (Phi) is 7.77. The second-order valence-corrected chi connectivity index (χ2v) is 5.10. The topological polar surface area (TPSA) is 56.5 Å². The molecule has 1 aliphatic heterocycles. The van der Waals surface area contributed by atoms with Crippen LogP contribution in [0, 0.1) is 5.92 Å². The van der Waals surface area contributed by atoms with Crippen LogP contribution in [-0.2, 0) is 9.47 Å². The van der Waals surface area contributed by atoms with Gasteiger partial charge >= 0.3 is 0 Å². The highest BCUT2D eigenvalue weighted by Gasteiger charge is 2.19. The van der Waals surface area contributed by atoms with Crippen molar-refractivity contribution in [2.24, 2.45) is 11.8 Å². The monoisotopic (exact) mass is 244 g/mol. The van der Waals surface area contributed by atoms with Gasteiger partial charge in [-0.3, -0.25) is 11.3 Å². The lowest BCUT2D eigenvalue weighted by molar-refractivity contribution is 0.00733. The molecule has 102 valence electrons. The molecule has 1 saturated heterocycles. The van der Waals surface area contributed by atoms with Gasteiger partial charge in [-0.2, -0.15) is 0 Å². The van der Waals surface area contributed by atoms with Gasteiger partial charge in [-0.1, -0.05) is 6.92 Å². The van der Waals surface area contributed by atoms with Crippen molar-refractivity contribution in [2.75, 3.05) is 20.3 Å². The molecule has 0 spiro atoms. The number of ether oxygens (including phenoxy) is 2. The maximum Gasteiger partial charge on any atom is 0.0575 e. The molecule has 0 bridgehead atoms. The molecule has 0 aromatic carbocycles. The molecule has 0 aromatic heterocycles. The fourth-order valence-corrected chi connectivity index (χ4v) is 2.44. The van der Waals surface area contributed by atoms with E-state index in [2.05, 4.69) is 12.3 Å². The molecule has 1 fully saturated rings. The minimum Gasteiger partial charge on any atom is -0.385 e. The molecule has 0 aromatic rings. The molecule has 0 saturated carbocycles. The second kappa shape index (κ2) is 8.86. The van der Waals surface area contributed by atoms with Crippen molar-refractivity contribution < 1.29 is 9.47 Å². The van der Waals surface area contributed by atoms with Crippen LogP contribution < -0.4 is 11.3 Å². The van der Waals surface area contributed by atoms with Gasteiger partial charge in [-0.05, 0) is 44.4 Å². The van der Waals surface area contributed by atoms with Gasteiger partial charge in [0.1, 0.15) is 0 Å². The van der Waals surface area contributed by atoms with E-state index in [9.17, 15) is 0 Å². The van der Waals surface area contributed by atoms with Crippen molar-refractivity contribution in [1.82, 2.24) is 5.43 Å². The van der Waals surface area contributed by atoms with E-state index < -0.39 is 0 Å². The molecular formula is C13H28N2O2. The predicted octanol–water partition coefficient (Wildman–Crippen LogP) is 1.84. The molecule has 1 rings (SSSR count). The summed E-state index contributed by atoms with van der Waals surface area (Å²) in [4.78, 5) is 0. The quantitative estimate of drug-likeness (QED) is 0.505. The van der Waals surface area contributed by atoms with Crippen LogP contribution in [-0.4, -0.2) is 32.5 Å². The van der Waals surface area contributed by atoms with Crippen LogP contribution in [0.4, 0.5) is 0 Å². The molecule has 3 N–H and O–H groups in total. The SMILES string of the molecule is COCCC(C)C(CCC1CCCCO1)NN. The third kappa shape index (κ3) is 5.82. The summed E-state index contributed by atoms with van der Waals surface area (Å²) in [5.41, 5.74) is 2.94. The Balaban J connectivity index is 2.20. The summed E-state index contributed by atoms with van der Waals surface area (Å²) in [5.74, 6) is 6.17. The molecule has 4 nitrogen and oxygen atoms in total. The van der Waals surface area contributed by atoms with Crippen molar-refractivity contribution in [2.45, 2.75) is 57.6 Å². The Morgan fingerprint density at radius 3 is 2.82 bits per heavy atom. The number of hydrazine groups is 1. The summed E-state index contributed by atoms with van der Waals surface area (Å²) in [7, 11) is 1.74. The maximum absolute atomic E-state index is 5.74. The van der Waals surface area contributed by atoms with Crippen LogP contribution in [0.25, 0.3) is 0 Å². The lowest BCUT2D eigenvalue weighted by Gasteiger charge is -2.27. The summed E-state index contributed by atoms with van der Waals surface area (Å²) < 4.78 is 10.8. The third-order valence-electron chi connectivity index (χ3n) is 3.75. The van der Waals surface area contributed by atoms with Crippen molar-refractivity contribution in [3.63, 3.8) is 0 Å². The minimum absolute atomic E-state index is 0.371. The maximum atomic E-state index is 5.74. The van der Waals surface area contributed by atoms with E-state index in [4.69, 9.17) is 15.3 Å². The van der Waals surface area contributed by atoms with Crippen LogP contribution in [0.2, 0.25) is 0 Å². The zero-order valence-corrected chi connectivity index (χ0v) is 11.3. The first-order valence-electron chi connectivity index (χ1n) is 6.84. The molecule has 1 heterocycles. The molecule has 17 heavy (non-hydrogen) atoms. The Morgan fingerprint density at radius 2 is 2.24 bits per heavy atom. The number of rotatable bonds is 8. The van der Waals surface area contributed by atoms with E-state index in [1.54, 1.807) is 7.11 Å². The largest absolute Gasteiger partial charge is 0.385 e. The molecular weight excluding hydrogens is 216 g/mol. The predicted molar refractivity (Wildman–Crippen MR) is 69.6 cm³/mol. The zero-order valence-electron chi connectivity index (χ0n) is 11.3. The van der Waals surface area contributed by atoms with Gasteiger partial charge in [0.25, 0.3) is 0 Å². The highest BCUT2D eigenvalue weighted by molar-refractivity contribution is 4.74. The molecule has 3 unspecified atom stereocenters. The highest BCUT2D eigenvalue weighted by atomic mass is 16.5. The number of nitrogens with two attached hydrogens (primary N) is 1. The fourth-order valence-electron chi connectivity index (χ4n) is 2.44. The van der Waals surface area contributed by atoms with Gasteiger partial charge < -0.3 is 9.47 Å². The summed E-state index contributed by atoms with van der Waals surface area (Å²) in [6, 6.07) is 0.371. The average Bonchev–Trinajstić information content (AvgIpc) is 2.38. The molecule has 0 amide bonds. The Hall–Kier alpha value is -0.160. The summed E-state index contributed by atoms with van der Waals surface area (Å²) >= 11 is 0. The Labute approximate surface area is 105 Å². The fraction of sp³-hybridized carbons (Fsp3) is 1.00. The van der Waals surface area contributed by atoms with E-state index in [-0.39, 0.29) is 0 Å². The number of hydrogen-bond donors (Lipinski definition) is 2. The van der Waals surface area contributed by atoms with E-state index >= 15 is 0 Å². The number of methoxy groups -OCH3 is 1. The number of nitrogens with one attached hydrogen (secondary N) is 1.